The smallest absolute Gasteiger partial charge is 0.252 e. The average molecular weight is 807 g/mol. The summed E-state index contributed by atoms with van der Waals surface area (Å²) < 4.78 is 2.58. The first-order chi connectivity index (χ1) is 29.9. The van der Waals surface area contributed by atoms with Crippen molar-refractivity contribution in [3.63, 3.8) is 0 Å². The molecule has 306 valence electrons. The van der Waals surface area contributed by atoms with Crippen molar-refractivity contribution in [2.75, 3.05) is 9.80 Å². The van der Waals surface area contributed by atoms with Crippen molar-refractivity contribution in [3.8, 4) is 17.1 Å². The summed E-state index contributed by atoms with van der Waals surface area (Å²) in [5, 5.41) is 0. The number of nitrogens with zero attached hydrogens (tertiary/aromatic N) is 4. The Morgan fingerprint density at radius 3 is 1.82 bits per heavy atom. The molecule has 62 heavy (non-hydrogen) atoms. The number of imidazole rings is 1. The normalized spacial score (nSPS) is 14.1. The summed E-state index contributed by atoms with van der Waals surface area (Å²) in [6.07, 6.45) is 4.58. The van der Waals surface area contributed by atoms with E-state index in [1.165, 1.54) is 96.3 Å². The highest BCUT2D eigenvalue weighted by molar-refractivity contribution is 7.00. The van der Waals surface area contributed by atoms with Crippen LogP contribution in [0.5, 0.6) is 0 Å². The maximum absolute atomic E-state index is 5.86. The quantitative estimate of drug-likeness (QED) is 0.162. The van der Waals surface area contributed by atoms with Gasteiger partial charge in [0.2, 0.25) is 0 Å². The maximum Gasteiger partial charge on any atom is 0.252 e. The van der Waals surface area contributed by atoms with Crippen LogP contribution in [0.4, 0.5) is 34.1 Å². The lowest BCUT2D eigenvalue weighted by atomic mass is 9.33. The van der Waals surface area contributed by atoms with E-state index >= 15 is 0 Å². The average Bonchev–Trinajstić information content (AvgIpc) is 3.66. The number of anilines is 6. The lowest BCUT2D eigenvalue weighted by molar-refractivity contribution is 0.590. The van der Waals surface area contributed by atoms with Gasteiger partial charge in [-0.3, -0.25) is 4.57 Å². The Bertz CT molecular complexity index is 3000. The Labute approximate surface area is 368 Å². The molecular formula is C57H55BN4. The van der Waals surface area contributed by atoms with Gasteiger partial charge in [0.05, 0.1) is 16.7 Å². The SMILES string of the molecule is Cc1cccc(C)c1-c1nc2c3c(cc4c2n1-c1cc(N(c2ccccc2)c2ccccc2)cc2c1B4c1cc(C(C)(C)C)ccc1N2c1ccc(C(C)(C)C)cc1)CCCC3. The van der Waals surface area contributed by atoms with Crippen LogP contribution in [0, 0.1) is 13.8 Å². The van der Waals surface area contributed by atoms with E-state index in [1.807, 2.05) is 0 Å². The maximum atomic E-state index is 5.86. The van der Waals surface area contributed by atoms with E-state index in [2.05, 4.69) is 209 Å². The molecule has 3 aliphatic rings. The molecule has 5 heteroatoms. The van der Waals surface area contributed by atoms with Crippen molar-refractivity contribution >= 4 is 68.3 Å². The van der Waals surface area contributed by atoms with Crippen LogP contribution < -0.4 is 26.2 Å². The Kier molecular flexibility index (Phi) is 8.78. The van der Waals surface area contributed by atoms with Crippen LogP contribution in [0.3, 0.4) is 0 Å². The zero-order valence-corrected chi connectivity index (χ0v) is 37.5. The van der Waals surface area contributed by atoms with Gasteiger partial charge in [0.1, 0.15) is 5.82 Å². The van der Waals surface area contributed by atoms with E-state index in [-0.39, 0.29) is 17.5 Å². The summed E-state index contributed by atoms with van der Waals surface area (Å²) in [5.74, 6) is 1.04. The number of hydrogen-bond acceptors (Lipinski definition) is 3. The molecule has 4 nitrogen and oxygen atoms in total. The number of aryl methyl sites for hydroxylation is 4. The van der Waals surface area contributed by atoms with Gasteiger partial charge in [0.25, 0.3) is 6.71 Å². The fraction of sp³-hybridized carbons (Fsp3) is 0.246. The van der Waals surface area contributed by atoms with E-state index in [9.17, 15) is 0 Å². The minimum absolute atomic E-state index is 0.0168. The summed E-state index contributed by atoms with van der Waals surface area (Å²) in [5.41, 5.74) is 24.0. The molecule has 0 unspecified atom stereocenters. The van der Waals surface area contributed by atoms with Crippen LogP contribution in [0.25, 0.3) is 28.1 Å². The lowest BCUT2D eigenvalue weighted by Crippen LogP contribution is -2.61. The van der Waals surface area contributed by atoms with Crippen molar-refractivity contribution in [1.82, 2.24) is 9.55 Å². The largest absolute Gasteiger partial charge is 0.311 e. The molecule has 1 aromatic heterocycles. The van der Waals surface area contributed by atoms with E-state index in [0.29, 0.717) is 0 Å². The van der Waals surface area contributed by atoms with Gasteiger partial charge in [-0.15, -0.1) is 0 Å². The van der Waals surface area contributed by atoms with Gasteiger partial charge in [-0.1, -0.05) is 126 Å². The number of para-hydroxylation sites is 2. The zero-order valence-electron chi connectivity index (χ0n) is 37.5. The molecule has 3 heterocycles. The van der Waals surface area contributed by atoms with E-state index in [1.54, 1.807) is 0 Å². The van der Waals surface area contributed by atoms with E-state index in [0.717, 1.165) is 41.4 Å². The lowest BCUT2D eigenvalue weighted by Gasteiger charge is -2.42. The molecule has 2 aliphatic heterocycles. The van der Waals surface area contributed by atoms with Gasteiger partial charge in [0.15, 0.2) is 0 Å². The van der Waals surface area contributed by atoms with Crippen molar-refractivity contribution in [2.24, 2.45) is 0 Å². The predicted molar refractivity (Wildman–Crippen MR) is 264 cm³/mol. The van der Waals surface area contributed by atoms with Crippen LogP contribution in [-0.2, 0) is 23.7 Å². The summed E-state index contributed by atoms with van der Waals surface area (Å²) >= 11 is 0. The number of hydrogen-bond donors (Lipinski definition) is 0. The fourth-order valence-corrected chi connectivity index (χ4v) is 10.8. The second kappa shape index (κ2) is 14.1. The molecule has 0 atom stereocenters. The second-order valence-electron chi connectivity index (χ2n) is 20.0. The fourth-order valence-electron chi connectivity index (χ4n) is 10.8. The molecular weight excluding hydrogens is 751 g/mol. The van der Waals surface area contributed by atoms with Crippen LogP contribution >= 0.6 is 0 Å². The number of fused-ring (bicyclic) bond motifs is 6. The zero-order chi connectivity index (χ0) is 42.7. The molecule has 0 N–H and O–H groups in total. The molecule has 0 fully saturated rings. The van der Waals surface area contributed by atoms with Crippen LogP contribution in [0.15, 0.2) is 140 Å². The first kappa shape index (κ1) is 38.6. The van der Waals surface area contributed by atoms with Gasteiger partial charge in [-0.25, -0.2) is 4.98 Å². The van der Waals surface area contributed by atoms with Crippen LogP contribution in [0.1, 0.15) is 87.8 Å². The Hall–Kier alpha value is -6.33. The highest BCUT2D eigenvalue weighted by Gasteiger charge is 2.44. The highest BCUT2D eigenvalue weighted by atomic mass is 15.2. The molecule has 0 spiro atoms. The number of aromatic nitrogens is 2. The molecule has 1 aliphatic carbocycles. The third-order valence-corrected chi connectivity index (χ3v) is 13.9. The van der Waals surface area contributed by atoms with Gasteiger partial charge in [-0.05, 0) is 155 Å². The monoisotopic (exact) mass is 806 g/mol. The molecule has 11 rings (SSSR count). The van der Waals surface area contributed by atoms with Gasteiger partial charge < -0.3 is 9.80 Å². The third kappa shape index (κ3) is 5.99. The first-order valence-corrected chi connectivity index (χ1v) is 22.6. The molecule has 0 saturated heterocycles. The third-order valence-electron chi connectivity index (χ3n) is 13.9. The second-order valence-corrected chi connectivity index (χ2v) is 20.0. The van der Waals surface area contributed by atoms with E-state index in [4.69, 9.17) is 4.98 Å². The summed E-state index contributed by atoms with van der Waals surface area (Å²) in [4.78, 5) is 10.9. The first-order valence-electron chi connectivity index (χ1n) is 22.6. The summed E-state index contributed by atoms with van der Waals surface area (Å²) in [6, 6.07) is 52.7. The van der Waals surface area contributed by atoms with Gasteiger partial charge in [-0.2, -0.15) is 0 Å². The molecule has 8 aromatic rings. The van der Waals surface area contributed by atoms with Crippen molar-refractivity contribution in [3.05, 3.63) is 173 Å². The molecule has 0 radical (unpaired) electrons. The van der Waals surface area contributed by atoms with Crippen LogP contribution in [0.2, 0.25) is 0 Å². The standard InChI is InChI=1S/C57H55BN4/c1-36-18-17-19-37(2)51(36)55-59-53-45-25-16-15-20-38(45)32-47-54(53)62(55)50-35-44(60(41-21-11-9-12-22-41)42-23-13-10-14-24-42)34-49-52(50)58(47)46-33-40(57(6,7)8)28-31-48(46)61(49)43-29-26-39(27-30-43)56(3,4)5/h9-14,17-19,21-24,26-35H,15-16,20,25H2,1-8H3. The minimum Gasteiger partial charge on any atom is -0.311 e. The van der Waals surface area contributed by atoms with Gasteiger partial charge >= 0.3 is 0 Å². The molecule has 0 bridgehead atoms. The summed E-state index contributed by atoms with van der Waals surface area (Å²) in [6.45, 7) is 18.5. The van der Waals surface area contributed by atoms with Crippen molar-refractivity contribution in [1.29, 1.82) is 0 Å². The molecule has 0 amide bonds. The molecule has 7 aromatic carbocycles. The van der Waals surface area contributed by atoms with Gasteiger partial charge in [0, 0.05) is 39.7 Å². The Morgan fingerprint density at radius 2 is 1.18 bits per heavy atom. The van der Waals surface area contributed by atoms with Crippen molar-refractivity contribution < 1.29 is 0 Å². The molecule has 0 saturated carbocycles. The number of rotatable bonds is 5. The van der Waals surface area contributed by atoms with Crippen molar-refractivity contribution in [2.45, 2.75) is 91.9 Å². The topological polar surface area (TPSA) is 24.3 Å². The number of benzene rings is 7. The minimum atomic E-state index is -0.0236. The Morgan fingerprint density at radius 1 is 0.565 bits per heavy atom. The highest BCUT2D eigenvalue weighted by Crippen LogP contribution is 2.47. The Balaban J connectivity index is 1.32. The van der Waals surface area contributed by atoms with Crippen LogP contribution in [-0.4, -0.2) is 16.3 Å². The predicted octanol–water partition coefficient (Wildman–Crippen LogP) is 12.9. The van der Waals surface area contributed by atoms with E-state index < -0.39 is 0 Å². The summed E-state index contributed by atoms with van der Waals surface area (Å²) in [7, 11) is 0.